The van der Waals surface area contributed by atoms with Crippen molar-refractivity contribution in [3.63, 3.8) is 0 Å². The average molecular weight is 308 g/mol. The van der Waals surface area contributed by atoms with Gasteiger partial charge in [0.25, 0.3) is 0 Å². The number of aliphatic hydroxyl groups excluding tert-OH is 1. The highest BCUT2D eigenvalue weighted by Gasteiger charge is 2.23. The second-order valence-electron chi connectivity index (χ2n) is 3.95. The van der Waals surface area contributed by atoms with Crippen LogP contribution in [0.2, 0.25) is 5.02 Å². The summed E-state index contributed by atoms with van der Waals surface area (Å²) in [6, 6.07) is 4.44. The van der Waals surface area contributed by atoms with Crippen molar-refractivity contribution in [2.75, 3.05) is 26.8 Å². The Hall–Kier alpha value is -0.660. The number of hydrogen-bond acceptors (Lipinski definition) is 4. The fourth-order valence-corrected chi connectivity index (χ4v) is 3.14. The van der Waals surface area contributed by atoms with Crippen molar-refractivity contribution in [2.24, 2.45) is 0 Å². The van der Waals surface area contributed by atoms with E-state index in [1.807, 2.05) is 6.92 Å². The number of halogens is 1. The minimum absolute atomic E-state index is 0.000264. The van der Waals surface area contributed by atoms with E-state index in [1.54, 1.807) is 6.07 Å². The molecular formula is C12H18ClNO4S. The van der Waals surface area contributed by atoms with Crippen LogP contribution in [0.15, 0.2) is 23.1 Å². The highest BCUT2D eigenvalue weighted by molar-refractivity contribution is 7.89. The highest BCUT2D eigenvalue weighted by atomic mass is 35.5. The van der Waals surface area contributed by atoms with Crippen LogP contribution in [0.3, 0.4) is 0 Å². The van der Waals surface area contributed by atoms with E-state index in [0.717, 1.165) is 0 Å². The smallest absolute Gasteiger partial charge is 0.244 e. The molecule has 0 atom stereocenters. The molecule has 0 aromatic heterocycles. The Balaban J connectivity index is 2.99. The van der Waals surface area contributed by atoms with Gasteiger partial charge in [0.15, 0.2) is 0 Å². The standard InChI is InChI=1S/C12H18ClNO4S/c1-3-18-7-6-14(2)19(16,17)12-8-10(9-15)4-5-11(12)13/h4-5,8,15H,3,6-7,9H2,1-2H3. The number of hydrogen-bond donors (Lipinski definition) is 1. The summed E-state index contributed by atoms with van der Waals surface area (Å²) in [5.41, 5.74) is 0.501. The largest absolute Gasteiger partial charge is 0.392 e. The molecule has 0 saturated heterocycles. The van der Waals surface area contributed by atoms with Gasteiger partial charge in [-0.1, -0.05) is 17.7 Å². The van der Waals surface area contributed by atoms with Crippen molar-refractivity contribution in [1.82, 2.24) is 4.31 Å². The number of ether oxygens (including phenoxy) is 1. The number of sulfonamides is 1. The van der Waals surface area contributed by atoms with E-state index in [1.165, 1.54) is 23.5 Å². The van der Waals surface area contributed by atoms with E-state index in [-0.39, 0.29) is 23.1 Å². The molecule has 0 unspecified atom stereocenters. The van der Waals surface area contributed by atoms with Crippen LogP contribution in [0.5, 0.6) is 0 Å². The maximum Gasteiger partial charge on any atom is 0.244 e. The summed E-state index contributed by atoms with van der Waals surface area (Å²) in [6.07, 6.45) is 0. The Kier molecular flexibility index (Phi) is 6.22. The van der Waals surface area contributed by atoms with E-state index < -0.39 is 10.0 Å². The molecule has 0 aliphatic carbocycles. The number of nitrogens with zero attached hydrogens (tertiary/aromatic N) is 1. The summed E-state index contributed by atoms with van der Waals surface area (Å²) in [5.74, 6) is 0. The molecule has 0 aliphatic heterocycles. The third-order valence-electron chi connectivity index (χ3n) is 2.62. The Bertz CT molecular complexity index is 518. The van der Waals surface area contributed by atoms with Crippen LogP contribution in [-0.2, 0) is 21.4 Å². The van der Waals surface area contributed by atoms with Gasteiger partial charge in [-0.2, -0.15) is 4.31 Å². The summed E-state index contributed by atoms with van der Waals surface area (Å²) in [4.78, 5) is -0.000264. The van der Waals surface area contributed by atoms with Crippen molar-refractivity contribution in [2.45, 2.75) is 18.4 Å². The Morgan fingerprint density at radius 1 is 1.42 bits per heavy atom. The van der Waals surface area contributed by atoms with Crippen molar-refractivity contribution < 1.29 is 18.3 Å². The topological polar surface area (TPSA) is 66.8 Å². The molecule has 5 nitrogen and oxygen atoms in total. The molecule has 1 aromatic rings. The molecule has 1 rings (SSSR count). The zero-order chi connectivity index (χ0) is 14.5. The maximum absolute atomic E-state index is 12.3. The zero-order valence-corrected chi connectivity index (χ0v) is 12.5. The zero-order valence-electron chi connectivity index (χ0n) is 11.0. The molecule has 19 heavy (non-hydrogen) atoms. The van der Waals surface area contributed by atoms with Gasteiger partial charge in [0.05, 0.1) is 18.2 Å². The van der Waals surface area contributed by atoms with Crippen LogP contribution in [0.4, 0.5) is 0 Å². The Morgan fingerprint density at radius 2 is 2.11 bits per heavy atom. The van der Waals surface area contributed by atoms with Gasteiger partial charge in [0.1, 0.15) is 4.90 Å². The van der Waals surface area contributed by atoms with Gasteiger partial charge in [-0.3, -0.25) is 0 Å². The molecule has 0 amide bonds. The van der Waals surface area contributed by atoms with Crippen molar-refractivity contribution in [1.29, 1.82) is 0 Å². The molecule has 1 N–H and O–H groups in total. The summed E-state index contributed by atoms with van der Waals surface area (Å²) in [7, 11) is -2.20. The van der Waals surface area contributed by atoms with E-state index in [0.29, 0.717) is 18.8 Å². The fraction of sp³-hybridized carbons (Fsp3) is 0.500. The summed E-state index contributed by atoms with van der Waals surface area (Å²) in [6.45, 7) is 2.71. The van der Waals surface area contributed by atoms with Gasteiger partial charge in [0.2, 0.25) is 10.0 Å². The molecule has 0 fully saturated rings. The minimum Gasteiger partial charge on any atom is -0.392 e. The van der Waals surface area contributed by atoms with Gasteiger partial charge in [-0.15, -0.1) is 0 Å². The fourth-order valence-electron chi connectivity index (χ4n) is 1.47. The van der Waals surface area contributed by atoms with Crippen molar-refractivity contribution in [3.05, 3.63) is 28.8 Å². The van der Waals surface area contributed by atoms with Gasteiger partial charge >= 0.3 is 0 Å². The first-order valence-electron chi connectivity index (χ1n) is 5.86. The van der Waals surface area contributed by atoms with Crippen LogP contribution < -0.4 is 0 Å². The van der Waals surface area contributed by atoms with Gasteiger partial charge in [-0.25, -0.2) is 8.42 Å². The van der Waals surface area contributed by atoms with Gasteiger partial charge in [-0.05, 0) is 24.6 Å². The van der Waals surface area contributed by atoms with E-state index in [9.17, 15) is 8.42 Å². The third kappa shape index (κ3) is 4.15. The van der Waals surface area contributed by atoms with E-state index in [2.05, 4.69) is 0 Å². The summed E-state index contributed by atoms with van der Waals surface area (Å²) >= 11 is 5.92. The SMILES string of the molecule is CCOCCN(C)S(=O)(=O)c1cc(CO)ccc1Cl. The molecule has 0 heterocycles. The van der Waals surface area contributed by atoms with Crippen LogP contribution in [0.1, 0.15) is 12.5 Å². The molecule has 0 saturated carbocycles. The summed E-state index contributed by atoms with van der Waals surface area (Å²) in [5, 5.41) is 9.20. The Morgan fingerprint density at radius 3 is 2.68 bits per heavy atom. The van der Waals surface area contributed by atoms with Crippen molar-refractivity contribution in [3.8, 4) is 0 Å². The van der Waals surface area contributed by atoms with E-state index >= 15 is 0 Å². The molecule has 7 heteroatoms. The molecule has 0 spiro atoms. The number of aliphatic hydroxyl groups is 1. The Labute approximate surface area is 118 Å². The number of benzene rings is 1. The second-order valence-corrected chi connectivity index (χ2v) is 6.37. The van der Waals surface area contributed by atoms with E-state index in [4.69, 9.17) is 21.4 Å². The molecule has 0 bridgehead atoms. The highest BCUT2D eigenvalue weighted by Crippen LogP contribution is 2.25. The predicted octanol–water partition coefficient (Wildman–Crippen LogP) is 1.49. The number of likely N-dealkylation sites (N-methyl/N-ethyl adjacent to an activating group) is 1. The monoisotopic (exact) mass is 307 g/mol. The number of rotatable bonds is 7. The van der Waals surface area contributed by atoms with Crippen LogP contribution in [0.25, 0.3) is 0 Å². The predicted molar refractivity (Wildman–Crippen MR) is 73.7 cm³/mol. The quantitative estimate of drug-likeness (QED) is 0.775. The first kappa shape index (κ1) is 16.4. The maximum atomic E-state index is 12.3. The van der Waals surface area contributed by atoms with Crippen molar-refractivity contribution >= 4 is 21.6 Å². The molecule has 108 valence electrons. The average Bonchev–Trinajstić information content (AvgIpc) is 2.39. The van der Waals surface area contributed by atoms with Gasteiger partial charge < -0.3 is 9.84 Å². The summed E-state index contributed by atoms with van der Waals surface area (Å²) < 4.78 is 31.0. The third-order valence-corrected chi connectivity index (χ3v) is 4.96. The molecule has 0 aliphatic rings. The second kappa shape index (κ2) is 7.21. The first-order valence-corrected chi connectivity index (χ1v) is 7.68. The van der Waals surface area contributed by atoms with Gasteiger partial charge in [0, 0.05) is 20.2 Å². The normalized spacial score (nSPS) is 12.1. The lowest BCUT2D eigenvalue weighted by molar-refractivity contribution is 0.138. The lowest BCUT2D eigenvalue weighted by Gasteiger charge is -2.18. The molecule has 0 radical (unpaired) electrons. The lowest BCUT2D eigenvalue weighted by Crippen LogP contribution is -2.30. The first-order chi connectivity index (χ1) is 8.93. The van der Waals surface area contributed by atoms with Crippen LogP contribution in [0, 0.1) is 0 Å². The molecule has 1 aromatic carbocycles. The molecular weight excluding hydrogens is 290 g/mol. The lowest BCUT2D eigenvalue weighted by atomic mass is 10.2. The van der Waals surface area contributed by atoms with Crippen LogP contribution in [-0.4, -0.2) is 44.6 Å². The minimum atomic E-state index is -3.67. The van der Waals surface area contributed by atoms with Crippen LogP contribution >= 0.6 is 11.6 Å².